The molecule has 0 saturated heterocycles. The lowest BCUT2D eigenvalue weighted by Gasteiger charge is -2.37. The molecule has 1 atom stereocenters. The van der Waals surface area contributed by atoms with Gasteiger partial charge in [0.25, 0.3) is 0 Å². The predicted molar refractivity (Wildman–Crippen MR) is 127 cm³/mol. The molecule has 1 unspecified atom stereocenters. The van der Waals surface area contributed by atoms with Gasteiger partial charge in [-0.15, -0.1) is 11.8 Å². The smallest absolute Gasteiger partial charge is 0.0890 e. The molecule has 2 heteroatoms. The predicted octanol–water partition coefficient (Wildman–Crippen LogP) is 6.74. The van der Waals surface area contributed by atoms with Gasteiger partial charge in [0.2, 0.25) is 0 Å². The molecule has 0 aliphatic heterocycles. The minimum Gasteiger partial charge on any atom is -0.388 e. The highest BCUT2D eigenvalue weighted by Crippen LogP contribution is 2.45. The largest absolute Gasteiger partial charge is 0.388 e. The molecule has 4 rings (SSSR count). The molecule has 1 nitrogen and oxygen atoms in total. The number of thioether (sulfide) groups is 1. The second-order valence-corrected chi connectivity index (χ2v) is 8.83. The summed E-state index contributed by atoms with van der Waals surface area (Å²) in [6.07, 6.45) is 1.17. The second kappa shape index (κ2) is 9.80. The van der Waals surface area contributed by atoms with Gasteiger partial charge in [-0.2, -0.15) is 0 Å². The molecular weight excluding hydrogens is 384 g/mol. The van der Waals surface area contributed by atoms with E-state index in [4.69, 9.17) is 0 Å². The SMILES string of the molecule is OC(Cc1ccccc1)(Cc1ccccc1)C(Sc1ccccc1)c1ccccc1. The normalized spacial score (nSPS) is 12.4. The van der Waals surface area contributed by atoms with Crippen molar-refractivity contribution in [3.05, 3.63) is 138 Å². The molecule has 0 fully saturated rings. The summed E-state index contributed by atoms with van der Waals surface area (Å²) in [5.41, 5.74) is 2.47. The maximum Gasteiger partial charge on any atom is 0.0890 e. The Morgan fingerprint density at radius 2 is 0.967 bits per heavy atom. The first-order valence-electron chi connectivity index (χ1n) is 10.3. The van der Waals surface area contributed by atoms with Gasteiger partial charge in [0.05, 0.1) is 10.9 Å². The van der Waals surface area contributed by atoms with Gasteiger partial charge in [-0.05, 0) is 28.8 Å². The molecule has 0 aromatic heterocycles. The Hall–Kier alpha value is -2.81. The van der Waals surface area contributed by atoms with Gasteiger partial charge in [-0.3, -0.25) is 0 Å². The third kappa shape index (κ3) is 5.21. The molecule has 0 amide bonds. The van der Waals surface area contributed by atoms with E-state index >= 15 is 0 Å². The molecule has 0 saturated carbocycles. The van der Waals surface area contributed by atoms with Gasteiger partial charge < -0.3 is 5.11 Å². The van der Waals surface area contributed by atoms with Crippen molar-refractivity contribution in [1.82, 2.24) is 0 Å². The summed E-state index contributed by atoms with van der Waals surface area (Å²) in [7, 11) is 0. The van der Waals surface area contributed by atoms with Gasteiger partial charge >= 0.3 is 0 Å². The highest BCUT2D eigenvalue weighted by Gasteiger charge is 2.39. The Morgan fingerprint density at radius 1 is 0.567 bits per heavy atom. The summed E-state index contributed by atoms with van der Waals surface area (Å²) in [5, 5.41) is 12.2. The van der Waals surface area contributed by atoms with Crippen LogP contribution in [0.3, 0.4) is 0 Å². The molecule has 4 aromatic rings. The first-order chi connectivity index (χ1) is 14.7. The topological polar surface area (TPSA) is 20.2 Å². The number of benzene rings is 4. The number of rotatable bonds is 8. The molecule has 4 aromatic carbocycles. The number of hydrogen-bond donors (Lipinski definition) is 1. The maximum atomic E-state index is 12.3. The summed E-state index contributed by atoms with van der Waals surface area (Å²) >= 11 is 1.74. The average molecular weight is 411 g/mol. The zero-order chi connectivity index (χ0) is 20.7. The summed E-state index contributed by atoms with van der Waals surface area (Å²) in [6, 6.07) is 41.4. The Kier molecular flexibility index (Phi) is 6.68. The summed E-state index contributed by atoms with van der Waals surface area (Å²) in [4.78, 5) is 1.16. The molecule has 0 bridgehead atoms. The van der Waals surface area contributed by atoms with Gasteiger partial charge in [-0.25, -0.2) is 0 Å². The summed E-state index contributed by atoms with van der Waals surface area (Å²) in [6.45, 7) is 0. The molecule has 150 valence electrons. The third-order valence-corrected chi connectivity index (χ3v) is 6.78. The zero-order valence-corrected chi connectivity index (χ0v) is 17.7. The number of hydrogen-bond acceptors (Lipinski definition) is 2. The van der Waals surface area contributed by atoms with Crippen LogP contribution in [0.4, 0.5) is 0 Å². The van der Waals surface area contributed by atoms with E-state index in [1.54, 1.807) is 11.8 Å². The van der Waals surface area contributed by atoms with E-state index in [9.17, 15) is 5.11 Å². The van der Waals surface area contributed by atoms with Crippen LogP contribution < -0.4 is 0 Å². The fourth-order valence-corrected chi connectivity index (χ4v) is 5.16. The fraction of sp³-hybridized carbons (Fsp3) is 0.143. The van der Waals surface area contributed by atoms with E-state index in [2.05, 4.69) is 72.8 Å². The van der Waals surface area contributed by atoms with Crippen LogP contribution >= 0.6 is 11.8 Å². The van der Waals surface area contributed by atoms with Gasteiger partial charge in [0, 0.05) is 17.7 Å². The van der Waals surface area contributed by atoms with E-state index in [0.717, 1.165) is 21.6 Å². The van der Waals surface area contributed by atoms with Crippen molar-refractivity contribution in [2.45, 2.75) is 28.6 Å². The van der Waals surface area contributed by atoms with Crippen molar-refractivity contribution in [1.29, 1.82) is 0 Å². The lowest BCUT2D eigenvalue weighted by Crippen LogP contribution is -2.40. The minimum absolute atomic E-state index is 0.110. The van der Waals surface area contributed by atoms with E-state index in [-0.39, 0.29) is 5.25 Å². The second-order valence-electron chi connectivity index (χ2n) is 7.65. The van der Waals surface area contributed by atoms with Crippen molar-refractivity contribution < 1.29 is 5.11 Å². The van der Waals surface area contributed by atoms with Crippen molar-refractivity contribution in [2.75, 3.05) is 0 Å². The first kappa shape index (κ1) is 20.5. The molecule has 0 heterocycles. The summed E-state index contributed by atoms with van der Waals surface area (Å²) in [5.74, 6) is 0. The third-order valence-electron chi connectivity index (χ3n) is 5.29. The highest BCUT2D eigenvalue weighted by molar-refractivity contribution is 7.99. The first-order valence-corrected chi connectivity index (χ1v) is 11.2. The van der Waals surface area contributed by atoms with Crippen molar-refractivity contribution in [3.8, 4) is 0 Å². The minimum atomic E-state index is -0.954. The van der Waals surface area contributed by atoms with Gasteiger partial charge in [-0.1, -0.05) is 109 Å². The van der Waals surface area contributed by atoms with E-state index < -0.39 is 5.60 Å². The molecule has 0 spiro atoms. The standard InChI is InChI=1S/C28H26OS/c29-28(21-23-13-5-1-6-14-23,22-24-15-7-2-8-16-24)27(25-17-9-3-10-18-25)30-26-19-11-4-12-20-26/h1-20,27,29H,21-22H2. The molecule has 0 aliphatic rings. The van der Waals surface area contributed by atoms with E-state index in [0.29, 0.717) is 12.8 Å². The van der Waals surface area contributed by atoms with Crippen molar-refractivity contribution >= 4 is 11.8 Å². The van der Waals surface area contributed by atoms with E-state index in [1.807, 2.05) is 48.5 Å². The highest BCUT2D eigenvalue weighted by atomic mass is 32.2. The average Bonchev–Trinajstić information content (AvgIpc) is 2.80. The van der Waals surface area contributed by atoms with Crippen LogP contribution in [-0.4, -0.2) is 10.7 Å². The van der Waals surface area contributed by atoms with Gasteiger partial charge in [0.15, 0.2) is 0 Å². The lowest BCUT2D eigenvalue weighted by atomic mass is 9.82. The van der Waals surface area contributed by atoms with Crippen LogP contribution in [0.2, 0.25) is 0 Å². The van der Waals surface area contributed by atoms with Crippen molar-refractivity contribution in [3.63, 3.8) is 0 Å². The monoisotopic (exact) mass is 410 g/mol. The quantitative estimate of drug-likeness (QED) is 0.325. The lowest BCUT2D eigenvalue weighted by molar-refractivity contribution is 0.0379. The van der Waals surface area contributed by atoms with Gasteiger partial charge in [0.1, 0.15) is 0 Å². The fourth-order valence-electron chi connectivity index (χ4n) is 3.90. The van der Waals surface area contributed by atoms with Crippen LogP contribution in [0.5, 0.6) is 0 Å². The molecular formula is C28H26OS. The zero-order valence-electron chi connectivity index (χ0n) is 16.9. The van der Waals surface area contributed by atoms with Crippen LogP contribution in [-0.2, 0) is 12.8 Å². The Morgan fingerprint density at radius 3 is 1.43 bits per heavy atom. The molecule has 30 heavy (non-hydrogen) atoms. The molecule has 0 aliphatic carbocycles. The van der Waals surface area contributed by atoms with Crippen molar-refractivity contribution in [2.24, 2.45) is 0 Å². The van der Waals surface area contributed by atoms with Crippen LogP contribution in [0.25, 0.3) is 0 Å². The van der Waals surface area contributed by atoms with Crippen LogP contribution in [0.15, 0.2) is 126 Å². The Bertz CT molecular complexity index is 976. The van der Waals surface area contributed by atoms with Crippen LogP contribution in [0, 0.1) is 0 Å². The Labute approximate surface area is 183 Å². The molecule has 0 radical (unpaired) electrons. The molecule has 1 N–H and O–H groups in total. The maximum absolute atomic E-state index is 12.3. The Balaban J connectivity index is 1.77. The van der Waals surface area contributed by atoms with Crippen LogP contribution in [0.1, 0.15) is 21.9 Å². The summed E-state index contributed by atoms with van der Waals surface area (Å²) < 4.78 is 0. The van der Waals surface area contributed by atoms with E-state index in [1.165, 1.54) is 0 Å². The number of aliphatic hydroxyl groups is 1.